The predicted octanol–water partition coefficient (Wildman–Crippen LogP) is 1.99. The Morgan fingerprint density at radius 3 is 2.54 bits per heavy atom. The van der Waals surface area contributed by atoms with Crippen molar-refractivity contribution in [1.82, 2.24) is 19.7 Å². The second-order valence-corrected chi connectivity index (χ2v) is 7.21. The molecule has 0 N–H and O–H groups in total. The van der Waals surface area contributed by atoms with E-state index in [1.165, 1.54) is 37.7 Å². The Labute approximate surface area is 145 Å². The van der Waals surface area contributed by atoms with Crippen LogP contribution in [0.1, 0.15) is 37.7 Å². The van der Waals surface area contributed by atoms with Crippen molar-refractivity contribution in [1.29, 1.82) is 0 Å². The van der Waals surface area contributed by atoms with Crippen LogP contribution in [0.3, 0.4) is 0 Å². The highest BCUT2D eigenvalue weighted by Gasteiger charge is 2.25. The summed E-state index contributed by atoms with van der Waals surface area (Å²) in [5, 5.41) is 0. The molecule has 0 radical (unpaired) electrons. The van der Waals surface area contributed by atoms with Crippen molar-refractivity contribution in [2.24, 2.45) is 0 Å². The Hall–Kier alpha value is -1.46. The van der Waals surface area contributed by atoms with Crippen molar-refractivity contribution >= 4 is 5.91 Å². The molecule has 2 heterocycles. The summed E-state index contributed by atoms with van der Waals surface area (Å²) in [6, 6.07) is 4.59. The first kappa shape index (κ1) is 17.4. The molecule has 132 valence electrons. The fraction of sp³-hybridized carbons (Fsp3) is 0.684. The van der Waals surface area contributed by atoms with Crippen LogP contribution in [-0.4, -0.2) is 71.4 Å². The van der Waals surface area contributed by atoms with Gasteiger partial charge in [-0.05, 0) is 24.5 Å². The number of hydrogen-bond donors (Lipinski definition) is 0. The Kier molecular flexibility index (Phi) is 6.21. The molecule has 5 nitrogen and oxygen atoms in total. The molecule has 2 fully saturated rings. The van der Waals surface area contributed by atoms with Gasteiger partial charge < -0.3 is 4.90 Å². The highest BCUT2D eigenvalue weighted by Crippen LogP contribution is 2.21. The first-order valence-corrected chi connectivity index (χ1v) is 9.31. The third-order valence-electron chi connectivity index (χ3n) is 5.47. The van der Waals surface area contributed by atoms with Crippen LogP contribution < -0.4 is 0 Å². The standard InChI is InChI=1S/C19H30N4O/c1-21(18-7-3-2-4-8-18)19(24)16-23-12-10-22(11-13-23)15-17-6-5-9-20-14-17/h5-6,9,14,18H,2-4,7-8,10-13,15-16H2,1H3. The summed E-state index contributed by atoms with van der Waals surface area (Å²) in [5.74, 6) is 0.294. The van der Waals surface area contributed by atoms with Gasteiger partial charge in [0.2, 0.25) is 5.91 Å². The van der Waals surface area contributed by atoms with Crippen LogP contribution in [0.5, 0.6) is 0 Å². The fourth-order valence-corrected chi connectivity index (χ4v) is 3.83. The molecule has 1 saturated heterocycles. The monoisotopic (exact) mass is 330 g/mol. The summed E-state index contributed by atoms with van der Waals surface area (Å²) < 4.78 is 0. The molecule has 0 unspecified atom stereocenters. The summed E-state index contributed by atoms with van der Waals surface area (Å²) >= 11 is 0. The SMILES string of the molecule is CN(C(=O)CN1CCN(Cc2cccnc2)CC1)C1CCCCC1. The second-order valence-electron chi connectivity index (χ2n) is 7.21. The number of piperazine rings is 1. The zero-order chi connectivity index (χ0) is 16.8. The second kappa shape index (κ2) is 8.58. The number of likely N-dealkylation sites (N-methyl/N-ethyl adjacent to an activating group) is 1. The van der Waals surface area contributed by atoms with Gasteiger partial charge in [0.1, 0.15) is 0 Å². The number of pyridine rings is 1. The molecule has 0 atom stereocenters. The van der Waals surface area contributed by atoms with E-state index in [0.717, 1.165) is 32.7 Å². The van der Waals surface area contributed by atoms with Gasteiger partial charge in [-0.1, -0.05) is 25.3 Å². The maximum absolute atomic E-state index is 12.5. The molecule has 1 aromatic rings. The molecular weight excluding hydrogens is 300 g/mol. The van der Waals surface area contributed by atoms with Crippen molar-refractivity contribution < 1.29 is 4.79 Å². The number of carbonyl (C=O) groups excluding carboxylic acids is 1. The zero-order valence-corrected chi connectivity index (χ0v) is 14.9. The van der Waals surface area contributed by atoms with Crippen LogP contribution in [0.25, 0.3) is 0 Å². The van der Waals surface area contributed by atoms with Crippen LogP contribution in [0, 0.1) is 0 Å². The summed E-state index contributed by atoms with van der Waals surface area (Å²) in [5.41, 5.74) is 1.26. The number of rotatable bonds is 5. The molecule has 1 aliphatic heterocycles. The normalized spacial score (nSPS) is 20.9. The predicted molar refractivity (Wildman–Crippen MR) is 95.6 cm³/mol. The van der Waals surface area contributed by atoms with E-state index >= 15 is 0 Å². The van der Waals surface area contributed by atoms with E-state index in [1.807, 2.05) is 30.4 Å². The molecule has 0 bridgehead atoms. The third-order valence-corrected chi connectivity index (χ3v) is 5.47. The molecule has 0 spiro atoms. The zero-order valence-electron chi connectivity index (χ0n) is 14.9. The molecule has 24 heavy (non-hydrogen) atoms. The molecule has 1 aromatic heterocycles. The third kappa shape index (κ3) is 4.77. The van der Waals surface area contributed by atoms with Crippen LogP contribution >= 0.6 is 0 Å². The number of amides is 1. The topological polar surface area (TPSA) is 39.7 Å². The average Bonchev–Trinajstić information content (AvgIpc) is 2.64. The van der Waals surface area contributed by atoms with E-state index in [0.29, 0.717) is 18.5 Å². The maximum Gasteiger partial charge on any atom is 0.236 e. The minimum Gasteiger partial charge on any atom is -0.342 e. The Balaban J connectivity index is 1.40. The number of carbonyl (C=O) groups is 1. The minimum atomic E-state index is 0.294. The van der Waals surface area contributed by atoms with Crippen LogP contribution in [0.15, 0.2) is 24.5 Å². The van der Waals surface area contributed by atoms with Gasteiger partial charge >= 0.3 is 0 Å². The van der Waals surface area contributed by atoms with E-state index in [-0.39, 0.29) is 0 Å². The smallest absolute Gasteiger partial charge is 0.236 e. The molecule has 3 rings (SSSR count). The summed E-state index contributed by atoms with van der Waals surface area (Å²) in [7, 11) is 2.00. The van der Waals surface area contributed by atoms with Crippen molar-refractivity contribution in [3.63, 3.8) is 0 Å². The van der Waals surface area contributed by atoms with Gasteiger partial charge in [0.15, 0.2) is 0 Å². The molecule has 0 aromatic carbocycles. The number of nitrogens with zero attached hydrogens (tertiary/aromatic N) is 4. The summed E-state index contributed by atoms with van der Waals surface area (Å²) in [6.45, 7) is 5.53. The van der Waals surface area contributed by atoms with E-state index in [2.05, 4.69) is 20.9 Å². The Morgan fingerprint density at radius 1 is 1.17 bits per heavy atom. The largest absolute Gasteiger partial charge is 0.342 e. The first-order valence-electron chi connectivity index (χ1n) is 9.31. The molecule has 1 saturated carbocycles. The van der Waals surface area contributed by atoms with Crippen molar-refractivity contribution in [2.75, 3.05) is 39.8 Å². The first-order chi connectivity index (χ1) is 11.7. The van der Waals surface area contributed by atoms with Crippen LogP contribution in [0.2, 0.25) is 0 Å². The molecule has 2 aliphatic rings. The van der Waals surface area contributed by atoms with E-state index in [4.69, 9.17) is 0 Å². The van der Waals surface area contributed by atoms with Crippen LogP contribution in [0.4, 0.5) is 0 Å². The molecule has 5 heteroatoms. The fourth-order valence-electron chi connectivity index (χ4n) is 3.83. The van der Waals surface area contributed by atoms with Crippen molar-refractivity contribution in [2.45, 2.75) is 44.7 Å². The van der Waals surface area contributed by atoms with Gasteiger partial charge in [0, 0.05) is 58.2 Å². The lowest BCUT2D eigenvalue weighted by atomic mass is 9.94. The summed E-state index contributed by atoms with van der Waals surface area (Å²) in [4.78, 5) is 23.5. The minimum absolute atomic E-state index is 0.294. The number of hydrogen-bond acceptors (Lipinski definition) is 4. The van der Waals surface area contributed by atoms with Gasteiger partial charge in [-0.3, -0.25) is 19.6 Å². The van der Waals surface area contributed by atoms with Gasteiger partial charge in [-0.2, -0.15) is 0 Å². The number of aromatic nitrogens is 1. The van der Waals surface area contributed by atoms with E-state index in [9.17, 15) is 4.79 Å². The Morgan fingerprint density at radius 2 is 1.88 bits per heavy atom. The Bertz CT molecular complexity index is 507. The highest BCUT2D eigenvalue weighted by molar-refractivity contribution is 5.78. The highest BCUT2D eigenvalue weighted by atomic mass is 16.2. The van der Waals surface area contributed by atoms with Gasteiger partial charge in [-0.25, -0.2) is 0 Å². The van der Waals surface area contributed by atoms with Gasteiger partial charge in [-0.15, -0.1) is 0 Å². The summed E-state index contributed by atoms with van der Waals surface area (Å²) in [6.07, 6.45) is 10.00. The average molecular weight is 330 g/mol. The lowest BCUT2D eigenvalue weighted by Crippen LogP contribution is -2.50. The van der Waals surface area contributed by atoms with Crippen molar-refractivity contribution in [3.05, 3.63) is 30.1 Å². The lowest BCUT2D eigenvalue weighted by Gasteiger charge is -2.36. The van der Waals surface area contributed by atoms with E-state index < -0.39 is 0 Å². The molecule has 1 aliphatic carbocycles. The van der Waals surface area contributed by atoms with Crippen LogP contribution in [-0.2, 0) is 11.3 Å². The van der Waals surface area contributed by atoms with Gasteiger partial charge in [0.05, 0.1) is 6.54 Å². The molecular formula is C19H30N4O. The maximum atomic E-state index is 12.5. The van der Waals surface area contributed by atoms with Gasteiger partial charge in [0.25, 0.3) is 0 Å². The quantitative estimate of drug-likeness (QED) is 0.828. The molecule has 1 amide bonds. The van der Waals surface area contributed by atoms with Crippen molar-refractivity contribution in [3.8, 4) is 0 Å². The lowest BCUT2D eigenvalue weighted by molar-refractivity contribution is -0.134. The van der Waals surface area contributed by atoms with E-state index in [1.54, 1.807) is 0 Å².